The highest BCUT2D eigenvalue weighted by atomic mass is 15.1. The lowest BCUT2D eigenvalue weighted by molar-refractivity contribution is 1.29. The van der Waals surface area contributed by atoms with Crippen LogP contribution < -0.4 is 4.90 Å². The molecule has 0 radical (unpaired) electrons. The van der Waals surface area contributed by atoms with E-state index in [0.29, 0.717) is 0 Å². The summed E-state index contributed by atoms with van der Waals surface area (Å²) >= 11 is 0. The van der Waals surface area contributed by atoms with Crippen LogP contribution >= 0.6 is 0 Å². The van der Waals surface area contributed by atoms with E-state index in [4.69, 9.17) is 0 Å². The van der Waals surface area contributed by atoms with Crippen molar-refractivity contribution in [2.24, 2.45) is 0 Å². The Balaban J connectivity index is 1.58. The van der Waals surface area contributed by atoms with Gasteiger partial charge in [0, 0.05) is 16.9 Å². The summed E-state index contributed by atoms with van der Waals surface area (Å²) in [6.07, 6.45) is 0. The maximum atomic E-state index is 2.41. The van der Waals surface area contributed by atoms with Gasteiger partial charge >= 0.3 is 0 Å². The molecule has 0 spiro atoms. The highest BCUT2D eigenvalue weighted by Gasteiger charge is 2.20. The van der Waals surface area contributed by atoms with Gasteiger partial charge in [-0.2, -0.15) is 0 Å². The molecule has 0 aliphatic rings. The van der Waals surface area contributed by atoms with Crippen LogP contribution in [0.25, 0.3) is 43.4 Å². The second-order valence-corrected chi connectivity index (χ2v) is 9.91. The number of hydrogen-bond acceptors (Lipinski definition) is 1. The van der Waals surface area contributed by atoms with Crippen molar-refractivity contribution in [3.63, 3.8) is 0 Å². The Kier molecular flexibility index (Phi) is 5.41. The standard InChI is InChI=1S/C37H27N/c1-26-17-21-31(22-18-26)38(32-23-19-27-9-2-3-12-30(27)25-32)36-24-20-29-11-5-7-15-34(29)37(36)35-16-8-13-28-10-4-6-14-33(28)35/h2-25H,1H3. The Morgan fingerprint density at radius 1 is 0.421 bits per heavy atom. The molecule has 7 aromatic carbocycles. The van der Waals surface area contributed by atoms with Crippen molar-refractivity contribution in [2.45, 2.75) is 6.92 Å². The van der Waals surface area contributed by atoms with Gasteiger partial charge in [-0.25, -0.2) is 0 Å². The zero-order valence-corrected chi connectivity index (χ0v) is 21.3. The molecule has 0 fully saturated rings. The Morgan fingerprint density at radius 3 is 1.79 bits per heavy atom. The summed E-state index contributed by atoms with van der Waals surface area (Å²) in [4.78, 5) is 2.41. The van der Waals surface area contributed by atoms with E-state index in [1.54, 1.807) is 0 Å². The van der Waals surface area contributed by atoms with Crippen molar-refractivity contribution >= 4 is 49.4 Å². The molecular weight excluding hydrogens is 458 g/mol. The fraction of sp³-hybridized carbons (Fsp3) is 0.0270. The average Bonchev–Trinajstić information content (AvgIpc) is 2.98. The maximum absolute atomic E-state index is 2.41. The Bertz CT molecular complexity index is 1930. The van der Waals surface area contributed by atoms with E-state index in [-0.39, 0.29) is 0 Å². The fourth-order valence-corrected chi connectivity index (χ4v) is 5.61. The molecule has 0 atom stereocenters. The number of aryl methyl sites for hydroxylation is 1. The van der Waals surface area contributed by atoms with Crippen molar-refractivity contribution in [3.05, 3.63) is 151 Å². The van der Waals surface area contributed by atoms with Gasteiger partial charge in [-0.15, -0.1) is 0 Å². The van der Waals surface area contributed by atoms with Crippen LogP contribution in [0.3, 0.4) is 0 Å². The van der Waals surface area contributed by atoms with E-state index in [1.165, 1.54) is 54.7 Å². The third-order valence-electron chi connectivity index (χ3n) is 7.49. The van der Waals surface area contributed by atoms with Crippen LogP contribution in [0.4, 0.5) is 17.1 Å². The van der Waals surface area contributed by atoms with Gasteiger partial charge in [0.05, 0.1) is 5.69 Å². The van der Waals surface area contributed by atoms with Crippen LogP contribution in [0.1, 0.15) is 5.56 Å². The molecule has 0 unspecified atom stereocenters. The average molecular weight is 486 g/mol. The normalized spacial score (nSPS) is 11.3. The minimum Gasteiger partial charge on any atom is -0.310 e. The first kappa shape index (κ1) is 22.3. The Labute approximate surface area is 223 Å². The summed E-state index contributed by atoms with van der Waals surface area (Å²) in [5, 5.41) is 7.47. The van der Waals surface area contributed by atoms with Crippen molar-refractivity contribution in [1.29, 1.82) is 0 Å². The fourth-order valence-electron chi connectivity index (χ4n) is 5.61. The summed E-state index contributed by atoms with van der Waals surface area (Å²) in [5.41, 5.74) is 7.19. The van der Waals surface area contributed by atoms with Gasteiger partial charge in [0.1, 0.15) is 0 Å². The minimum atomic E-state index is 1.14. The van der Waals surface area contributed by atoms with Gasteiger partial charge in [-0.05, 0) is 75.1 Å². The van der Waals surface area contributed by atoms with E-state index in [0.717, 1.165) is 11.4 Å². The molecule has 0 amide bonds. The monoisotopic (exact) mass is 485 g/mol. The summed E-state index contributed by atoms with van der Waals surface area (Å²) < 4.78 is 0. The second kappa shape index (κ2) is 9.21. The second-order valence-electron chi connectivity index (χ2n) is 9.91. The molecule has 7 aromatic rings. The molecule has 0 aliphatic carbocycles. The topological polar surface area (TPSA) is 3.24 Å². The predicted octanol–water partition coefficient (Wildman–Crippen LogP) is 10.6. The van der Waals surface area contributed by atoms with E-state index >= 15 is 0 Å². The van der Waals surface area contributed by atoms with E-state index < -0.39 is 0 Å². The smallest absolute Gasteiger partial charge is 0.0546 e. The van der Waals surface area contributed by atoms with Crippen LogP contribution in [0, 0.1) is 6.92 Å². The lowest BCUT2D eigenvalue weighted by Crippen LogP contribution is -2.11. The van der Waals surface area contributed by atoms with Gasteiger partial charge in [0.25, 0.3) is 0 Å². The number of hydrogen-bond donors (Lipinski definition) is 0. The molecule has 0 bridgehead atoms. The zero-order valence-electron chi connectivity index (χ0n) is 21.3. The molecule has 0 saturated heterocycles. The molecule has 0 aromatic heterocycles. The summed E-state index contributed by atoms with van der Waals surface area (Å²) in [5.74, 6) is 0. The van der Waals surface area contributed by atoms with Crippen molar-refractivity contribution in [1.82, 2.24) is 0 Å². The van der Waals surface area contributed by atoms with Crippen LogP contribution in [-0.4, -0.2) is 0 Å². The number of nitrogens with zero attached hydrogens (tertiary/aromatic N) is 1. The number of benzene rings is 7. The first-order valence-electron chi connectivity index (χ1n) is 13.1. The molecular formula is C37H27N. The SMILES string of the molecule is Cc1ccc(N(c2ccc3ccccc3c2)c2ccc3ccccc3c2-c2cccc3ccccc23)cc1. The number of anilines is 3. The highest BCUT2D eigenvalue weighted by Crippen LogP contribution is 2.46. The Hall–Kier alpha value is -4.88. The van der Waals surface area contributed by atoms with Crippen LogP contribution in [-0.2, 0) is 0 Å². The van der Waals surface area contributed by atoms with E-state index in [9.17, 15) is 0 Å². The molecule has 1 heteroatoms. The minimum absolute atomic E-state index is 1.14. The van der Waals surface area contributed by atoms with E-state index in [1.807, 2.05) is 0 Å². The van der Waals surface area contributed by atoms with Crippen molar-refractivity contribution in [3.8, 4) is 11.1 Å². The molecule has 0 saturated carbocycles. The molecule has 180 valence electrons. The van der Waals surface area contributed by atoms with Gasteiger partial charge in [0.2, 0.25) is 0 Å². The summed E-state index contributed by atoms with van der Waals surface area (Å²) in [7, 11) is 0. The first-order valence-corrected chi connectivity index (χ1v) is 13.1. The molecule has 38 heavy (non-hydrogen) atoms. The van der Waals surface area contributed by atoms with Gasteiger partial charge in [0.15, 0.2) is 0 Å². The third kappa shape index (κ3) is 3.81. The molecule has 0 aliphatic heterocycles. The van der Waals surface area contributed by atoms with Crippen molar-refractivity contribution in [2.75, 3.05) is 4.90 Å². The van der Waals surface area contributed by atoms with Gasteiger partial charge in [-0.3, -0.25) is 0 Å². The van der Waals surface area contributed by atoms with Gasteiger partial charge < -0.3 is 4.90 Å². The molecule has 0 heterocycles. The summed E-state index contributed by atoms with van der Waals surface area (Å²) in [6, 6.07) is 52.8. The third-order valence-corrected chi connectivity index (χ3v) is 7.49. The van der Waals surface area contributed by atoms with E-state index in [2.05, 4.69) is 157 Å². The molecule has 1 nitrogen and oxygen atoms in total. The maximum Gasteiger partial charge on any atom is 0.0546 e. The number of rotatable bonds is 4. The van der Waals surface area contributed by atoms with Crippen LogP contribution in [0.2, 0.25) is 0 Å². The highest BCUT2D eigenvalue weighted by molar-refractivity contribution is 6.11. The largest absolute Gasteiger partial charge is 0.310 e. The van der Waals surface area contributed by atoms with Crippen LogP contribution in [0.15, 0.2) is 146 Å². The predicted molar refractivity (Wildman–Crippen MR) is 164 cm³/mol. The first-order chi connectivity index (χ1) is 18.8. The number of fused-ring (bicyclic) bond motifs is 3. The summed E-state index contributed by atoms with van der Waals surface area (Å²) in [6.45, 7) is 2.14. The Morgan fingerprint density at radius 2 is 1.00 bits per heavy atom. The van der Waals surface area contributed by atoms with Crippen LogP contribution in [0.5, 0.6) is 0 Å². The lowest BCUT2D eigenvalue weighted by Gasteiger charge is -2.29. The lowest BCUT2D eigenvalue weighted by atomic mass is 9.91. The molecule has 0 N–H and O–H groups in total. The van der Waals surface area contributed by atoms with Gasteiger partial charge in [-0.1, -0.05) is 121 Å². The zero-order chi connectivity index (χ0) is 25.5. The molecule has 7 rings (SSSR count). The van der Waals surface area contributed by atoms with Crippen molar-refractivity contribution < 1.29 is 0 Å². The quantitative estimate of drug-likeness (QED) is 0.240.